The van der Waals surface area contributed by atoms with Crippen molar-refractivity contribution in [1.29, 1.82) is 0 Å². The van der Waals surface area contributed by atoms with Crippen molar-refractivity contribution < 1.29 is 4.43 Å². The average molecular weight is 380 g/mol. The summed E-state index contributed by atoms with van der Waals surface area (Å²) < 4.78 is 7.41. The highest BCUT2D eigenvalue weighted by Crippen LogP contribution is 2.39. The first-order chi connectivity index (χ1) is 8.22. The van der Waals surface area contributed by atoms with Gasteiger partial charge >= 0.3 is 0 Å². The molecule has 0 aromatic heterocycles. The third-order valence-corrected chi connectivity index (χ3v) is 9.91. The first-order valence-corrected chi connectivity index (χ1v) is 11.3. The van der Waals surface area contributed by atoms with Crippen molar-refractivity contribution in [2.45, 2.75) is 77.4 Å². The molecule has 1 rings (SSSR count). The van der Waals surface area contributed by atoms with Crippen LogP contribution in [0.15, 0.2) is 9.84 Å². The molecule has 0 atom stereocenters. The van der Waals surface area contributed by atoms with E-state index in [1.807, 2.05) is 0 Å². The van der Waals surface area contributed by atoms with Crippen molar-refractivity contribution in [2.24, 2.45) is 5.92 Å². The normalized spacial score (nSPS) is 20.0. The van der Waals surface area contributed by atoms with Crippen molar-refractivity contribution in [1.82, 2.24) is 0 Å². The van der Waals surface area contributed by atoms with Crippen molar-refractivity contribution in [3.05, 3.63) is 9.84 Å². The molecule has 0 aliphatic heterocycles. The Morgan fingerprint density at radius 1 is 1.22 bits per heavy atom. The number of hydrogen-bond donors (Lipinski definition) is 0. The van der Waals surface area contributed by atoms with Gasteiger partial charge in [0, 0.05) is 0 Å². The van der Waals surface area contributed by atoms with Crippen LogP contribution in [-0.4, -0.2) is 8.32 Å². The molecular weight excluding hydrogens is 351 g/mol. The highest BCUT2D eigenvalue weighted by molar-refractivity contribution is 14.1. The van der Waals surface area contributed by atoms with Gasteiger partial charge in [-0.15, -0.1) is 0 Å². The second-order valence-corrected chi connectivity index (χ2v) is 12.9. The second-order valence-electron chi connectivity index (χ2n) is 7.11. The summed E-state index contributed by atoms with van der Waals surface area (Å²) in [4.78, 5) is 0. The fourth-order valence-electron chi connectivity index (χ4n) is 2.12. The highest BCUT2D eigenvalue weighted by Gasteiger charge is 2.39. The van der Waals surface area contributed by atoms with E-state index >= 15 is 0 Å². The molecular formula is C15H29IOSi. The highest BCUT2D eigenvalue weighted by atomic mass is 127. The molecule has 0 radical (unpaired) electrons. The smallest absolute Gasteiger partial charge is 0.251 e. The van der Waals surface area contributed by atoms with Crippen LogP contribution in [0, 0.1) is 5.92 Å². The van der Waals surface area contributed by atoms with E-state index in [-0.39, 0.29) is 0 Å². The minimum atomic E-state index is -1.63. The first-order valence-electron chi connectivity index (χ1n) is 7.27. The molecule has 106 valence electrons. The van der Waals surface area contributed by atoms with E-state index in [0.717, 1.165) is 9.68 Å². The van der Waals surface area contributed by atoms with Gasteiger partial charge in [-0.25, -0.2) is 0 Å². The SMILES string of the molecule is CC(C)(C)[Si](C)(C)OC(I)=CCC1CCCCC1. The van der Waals surface area contributed by atoms with Crippen molar-refractivity contribution in [2.75, 3.05) is 0 Å². The lowest BCUT2D eigenvalue weighted by Gasteiger charge is -2.36. The van der Waals surface area contributed by atoms with Gasteiger partial charge in [-0.2, -0.15) is 0 Å². The van der Waals surface area contributed by atoms with Crippen LogP contribution in [0.5, 0.6) is 0 Å². The second kappa shape index (κ2) is 6.78. The Labute approximate surface area is 128 Å². The molecule has 0 aromatic rings. The van der Waals surface area contributed by atoms with E-state index in [1.54, 1.807) is 0 Å². The molecule has 0 saturated heterocycles. The van der Waals surface area contributed by atoms with Crippen molar-refractivity contribution in [3.63, 3.8) is 0 Å². The van der Waals surface area contributed by atoms with Gasteiger partial charge in [0.25, 0.3) is 8.32 Å². The van der Waals surface area contributed by atoms with E-state index in [4.69, 9.17) is 4.43 Å². The minimum Gasteiger partial charge on any atom is -0.540 e. The number of halogens is 1. The number of rotatable bonds is 4. The molecule has 1 aliphatic carbocycles. The van der Waals surface area contributed by atoms with Crippen LogP contribution in [-0.2, 0) is 4.43 Å². The van der Waals surface area contributed by atoms with Gasteiger partial charge in [-0.1, -0.05) is 52.9 Å². The van der Waals surface area contributed by atoms with Gasteiger partial charge in [0.15, 0.2) is 0 Å². The molecule has 0 aromatic carbocycles. The third kappa shape index (κ3) is 5.23. The summed E-state index contributed by atoms with van der Waals surface area (Å²) in [6, 6.07) is 0. The average Bonchev–Trinajstić information content (AvgIpc) is 2.26. The summed E-state index contributed by atoms with van der Waals surface area (Å²) in [6.45, 7) is 11.5. The molecule has 1 saturated carbocycles. The fourth-order valence-corrected chi connectivity index (χ4v) is 4.90. The van der Waals surface area contributed by atoms with Crippen LogP contribution in [0.4, 0.5) is 0 Å². The van der Waals surface area contributed by atoms with E-state index in [9.17, 15) is 0 Å². The van der Waals surface area contributed by atoms with Crippen LogP contribution in [0.1, 0.15) is 59.3 Å². The summed E-state index contributed by atoms with van der Waals surface area (Å²) in [5.74, 6) is 0.909. The van der Waals surface area contributed by atoms with Crippen molar-refractivity contribution >= 4 is 30.9 Å². The molecule has 0 amide bonds. The molecule has 1 aliphatic rings. The third-order valence-electron chi connectivity index (χ3n) is 4.50. The Balaban J connectivity index is 2.46. The molecule has 3 heteroatoms. The van der Waals surface area contributed by atoms with Crippen LogP contribution in [0.2, 0.25) is 18.1 Å². The predicted octanol–water partition coefficient (Wildman–Crippen LogP) is 6.26. The number of allylic oxidation sites excluding steroid dienone is 1. The Bertz CT molecular complexity index is 285. The van der Waals surface area contributed by atoms with Gasteiger partial charge < -0.3 is 4.43 Å². The zero-order valence-corrected chi connectivity index (χ0v) is 15.8. The van der Waals surface area contributed by atoms with E-state index in [0.29, 0.717) is 5.04 Å². The maximum atomic E-state index is 6.28. The van der Waals surface area contributed by atoms with Crippen molar-refractivity contribution in [3.8, 4) is 0 Å². The largest absolute Gasteiger partial charge is 0.540 e. The molecule has 0 unspecified atom stereocenters. The Hall–Kier alpha value is 0.487. The zero-order valence-electron chi connectivity index (χ0n) is 12.7. The summed E-state index contributed by atoms with van der Waals surface area (Å²) in [5.41, 5.74) is 0. The molecule has 0 spiro atoms. The maximum absolute atomic E-state index is 6.28. The van der Waals surface area contributed by atoms with Crippen LogP contribution in [0.3, 0.4) is 0 Å². The van der Waals surface area contributed by atoms with Crippen LogP contribution >= 0.6 is 22.6 Å². The summed E-state index contributed by atoms with van der Waals surface area (Å²) in [5, 5.41) is 0.294. The van der Waals surface area contributed by atoms with Gasteiger partial charge in [-0.05, 0) is 59.1 Å². The fraction of sp³-hybridized carbons (Fsp3) is 0.867. The van der Waals surface area contributed by atoms with Gasteiger partial charge in [0.2, 0.25) is 0 Å². The van der Waals surface area contributed by atoms with E-state index in [1.165, 1.54) is 38.5 Å². The number of hydrogen-bond acceptors (Lipinski definition) is 1. The Morgan fingerprint density at radius 3 is 2.28 bits per heavy atom. The molecule has 0 N–H and O–H groups in total. The molecule has 0 bridgehead atoms. The molecule has 0 heterocycles. The predicted molar refractivity (Wildman–Crippen MR) is 91.6 cm³/mol. The zero-order chi connectivity index (χ0) is 13.8. The first kappa shape index (κ1) is 16.5. The lowest BCUT2D eigenvalue weighted by molar-refractivity contribution is 0.356. The molecule has 18 heavy (non-hydrogen) atoms. The Morgan fingerprint density at radius 2 is 1.78 bits per heavy atom. The van der Waals surface area contributed by atoms with E-state index in [2.05, 4.69) is 62.5 Å². The van der Waals surface area contributed by atoms with Crippen LogP contribution in [0.25, 0.3) is 0 Å². The lowest BCUT2D eigenvalue weighted by atomic mass is 9.87. The lowest BCUT2D eigenvalue weighted by Crippen LogP contribution is -2.39. The van der Waals surface area contributed by atoms with Crippen LogP contribution < -0.4 is 0 Å². The quantitative estimate of drug-likeness (QED) is 0.318. The van der Waals surface area contributed by atoms with Gasteiger partial charge in [0.05, 0.1) is 0 Å². The minimum absolute atomic E-state index is 0.294. The van der Waals surface area contributed by atoms with Gasteiger partial charge in [-0.3, -0.25) is 0 Å². The summed E-state index contributed by atoms with van der Waals surface area (Å²) >= 11 is 2.38. The molecule has 1 fully saturated rings. The topological polar surface area (TPSA) is 9.23 Å². The van der Waals surface area contributed by atoms with Gasteiger partial charge in [0.1, 0.15) is 3.77 Å². The standard InChI is InChI=1S/C15H29IOSi/c1-15(2,3)18(4,5)17-14(16)12-11-13-9-7-6-8-10-13/h12-13H,6-11H2,1-5H3. The van der Waals surface area contributed by atoms with E-state index < -0.39 is 8.32 Å². The Kier molecular flexibility index (Phi) is 6.23. The summed E-state index contributed by atoms with van der Waals surface area (Å²) in [6.07, 6.45) is 10.7. The monoisotopic (exact) mass is 380 g/mol. The molecule has 1 nitrogen and oxygen atoms in total. The summed E-state index contributed by atoms with van der Waals surface area (Å²) in [7, 11) is -1.63. The maximum Gasteiger partial charge on any atom is 0.251 e.